The smallest absolute Gasteiger partial charge is 0.175 e. The van der Waals surface area contributed by atoms with Crippen molar-refractivity contribution in [1.82, 2.24) is 10.2 Å². The Kier molecular flexibility index (Phi) is 8.53. The predicted molar refractivity (Wildman–Crippen MR) is 117 cm³/mol. The summed E-state index contributed by atoms with van der Waals surface area (Å²) in [7, 11) is 0. The zero-order valence-electron chi connectivity index (χ0n) is 15.8. The summed E-state index contributed by atoms with van der Waals surface area (Å²) in [5.74, 6) is 0.547. The zero-order valence-corrected chi connectivity index (χ0v) is 18.3. The van der Waals surface area contributed by atoms with E-state index in [0.717, 1.165) is 14.4 Å². The Morgan fingerprint density at radius 1 is 0.733 bits per heavy atom. The number of rotatable bonds is 11. The van der Waals surface area contributed by atoms with Crippen LogP contribution < -0.4 is 0 Å². The third kappa shape index (κ3) is 7.00. The van der Waals surface area contributed by atoms with Gasteiger partial charge in [-0.25, -0.2) is 8.78 Å². The van der Waals surface area contributed by atoms with Crippen molar-refractivity contribution in [3.8, 4) is 0 Å². The first-order chi connectivity index (χ1) is 14.5. The van der Waals surface area contributed by atoms with Crippen LogP contribution in [0, 0.1) is 11.6 Å². The molecule has 30 heavy (non-hydrogen) atoms. The molecule has 3 aromatic rings. The van der Waals surface area contributed by atoms with Crippen LogP contribution in [0.2, 0.25) is 0 Å². The molecule has 0 aliphatic rings. The Hall–Kier alpha value is -2.10. The van der Waals surface area contributed by atoms with E-state index in [1.54, 1.807) is 0 Å². The molecule has 0 N–H and O–H groups in total. The van der Waals surface area contributed by atoms with Crippen LogP contribution in [0.1, 0.15) is 40.0 Å². The van der Waals surface area contributed by atoms with Crippen LogP contribution in [0.15, 0.2) is 57.2 Å². The average Bonchev–Trinajstić information content (AvgIpc) is 3.19. The monoisotopic (exact) mass is 464 g/mol. The summed E-state index contributed by atoms with van der Waals surface area (Å²) in [4.78, 5) is 24.1. The molecular weight excluding hydrogens is 446 g/mol. The van der Waals surface area contributed by atoms with Crippen molar-refractivity contribution >= 4 is 46.4 Å². The molecule has 2 aromatic carbocycles. The Morgan fingerprint density at radius 2 is 1.20 bits per heavy atom. The van der Waals surface area contributed by atoms with Gasteiger partial charge in [0.2, 0.25) is 0 Å². The Bertz CT molecular complexity index is 992. The lowest BCUT2D eigenvalue weighted by atomic mass is 10.1. The molecule has 3 rings (SSSR count). The number of aromatic nitrogens is 2. The molecule has 0 saturated carbocycles. The number of hydrogen-bond acceptors (Lipinski definition) is 7. The van der Waals surface area contributed by atoms with Crippen LogP contribution in [-0.2, 0) is 0 Å². The van der Waals surface area contributed by atoms with E-state index in [9.17, 15) is 18.4 Å². The second-order valence-corrected chi connectivity index (χ2v) is 9.91. The maximum absolute atomic E-state index is 12.9. The van der Waals surface area contributed by atoms with Crippen molar-refractivity contribution in [2.75, 3.05) is 11.5 Å². The molecule has 0 saturated heterocycles. The molecule has 156 valence electrons. The molecule has 9 heteroatoms. The highest BCUT2D eigenvalue weighted by Crippen LogP contribution is 2.30. The van der Waals surface area contributed by atoms with Crippen LogP contribution >= 0.6 is 34.9 Å². The fourth-order valence-corrected chi connectivity index (χ4v) is 5.54. The maximum atomic E-state index is 12.9. The summed E-state index contributed by atoms with van der Waals surface area (Å²) < 4.78 is 27.4. The Morgan fingerprint density at radius 3 is 1.73 bits per heavy atom. The van der Waals surface area contributed by atoms with Crippen LogP contribution in [0.5, 0.6) is 0 Å². The first kappa shape index (κ1) is 22.6. The van der Waals surface area contributed by atoms with Crippen LogP contribution in [0.4, 0.5) is 8.78 Å². The van der Waals surface area contributed by atoms with E-state index >= 15 is 0 Å². The number of carbonyl (C=O) groups excluding carboxylic acids is 2. The lowest BCUT2D eigenvalue weighted by Crippen LogP contribution is -2.00. The number of carbonyl (C=O) groups is 2. The summed E-state index contributed by atoms with van der Waals surface area (Å²) in [6.45, 7) is 0. The van der Waals surface area contributed by atoms with Crippen molar-refractivity contribution in [2.45, 2.75) is 27.9 Å². The Labute approximate surface area is 185 Å². The van der Waals surface area contributed by atoms with Gasteiger partial charge in [-0.2, -0.15) is 0 Å². The first-order valence-electron chi connectivity index (χ1n) is 9.18. The highest BCUT2D eigenvalue weighted by atomic mass is 32.2. The molecule has 4 nitrogen and oxygen atoms in total. The van der Waals surface area contributed by atoms with Gasteiger partial charge in [-0.3, -0.25) is 9.59 Å². The van der Waals surface area contributed by atoms with Gasteiger partial charge in [-0.05, 0) is 55.0 Å². The molecule has 0 spiro atoms. The SMILES string of the molecule is O=C(CCCSc1nnc(SCCC(=O)c2ccc(F)cc2)s1)c1ccc(F)cc1. The summed E-state index contributed by atoms with van der Waals surface area (Å²) in [5, 5.41) is 8.24. The van der Waals surface area contributed by atoms with E-state index in [-0.39, 0.29) is 23.2 Å². The second-order valence-electron chi connectivity index (χ2n) is 6.24. The molecule has 1 aromatic heterocycles. The van der Waals surface area contributed by atoms with E-state index in [1.807, 2.05) is 0 Å². The van der Waals surface area contributed by atoms with E-state index < -0.39 is 0 Å². The summed E-state index contributed by atoms with van der Waals surface area (Å²) >= 11 is 4.45. The molecule has 0 fully saturated rings. The van der Waals surface area contributed by atoms with Crippen molar-refractivity contribution in [3.05, 3.63) is 71.3 Å². The fourth-order valence-electron chi connectivity index (χ4n) is 2.50. The molecule has 0 radical (unpaired) electrons. The van der Waals surface area contributed by atoms with Gasteiger partial charge in [-0.1, -0.05) is 34.9 Å². The zero-order chi connectivity index (χ0) is 21.3. The van der Waals surface area contributed by atoms with Gasteiger partial charge in [0, 0.05) is 35.5 Å². The van der Waals surface area contributed by atoms with Crippen LogP contribution in [0.25, 0.3) is 0 Å². The lowest BCUT2D eigenvalue weighted by Gasteiger charge is -2.00. The van der Waals surface area contributed by atoms with E-state index in [1.165, 1.54) is 83.4 Å². The Balaban J connectivity index is 1.34. The van der Waals surface area contributed by atoms with Crippen molar-refractivity contribution in [1.29, 1.82) is 0 Å². The summed E-state index contributed by atoms with van der Waals surface area (Å²) in [6, 6.07) is 11.1. The normalized spacial score (nSPS) is 10.9. The second kappa shape index (κ2) is 11.3. The molecule has 0 aliphatic carbocycles. The minimum absolute atomic E-state index is 0.00469. The first-order valence-corrected chi connectivity index (χ1v) is 12.0. The van der Waals surface area contributed by atoms with Crippen molar-refractivity contribution in [2.24, 2.45) is 0 Å². The highest BCUT2D eigenvalue weighted by molar-refractivity contribution is 8.03. The van der Waals surface area contributed by atoms with Crippen LogP contribution in [0.3, 0.4) is 0 Å². The molecule has 0 aliphatic heterocycles. The largest absolute Gasteiger partial charge is 0.294 e. The number of benzene rings is 2. The number of nitrogens with zero attached hydrogens (tertiary/aromatic N) is 2. The van der Waals surface area contributed by atoms with E-state index in [0.29, 0.717) is 36.1 Å². The van der Waals surface area contributed by atoms with Gasteiger partial charge >= 0.3 is 0 Å². The quantitative estimate of drug-likeness (QED) is 0.199. The van der Waals surface area contributed by atoms with Gasteiger partial charge in [0.25, 0.3) is 0 Å². The molecule has 0 amide bonds. The number of halogens is 2. The molecule has 0 bridgehead atoms. The summed E-state index contributed by atoms with van der Waals surface area (Å²) in [6.07, 6.45) is 1.42. The van der Waals surface area contributed by atoms with E-state index in [4.69, 9.17) is 0 Å². The average molecular weight is 465 g/mol. The minimum Gasteiger partial charge on any atom is -0.294 e. The maximum Gasteiger partial charge on any atom is 0.175 e. The topological polar surface area (TPSA) is 59.9 Å². The number of Topliss-reactive ketones (excluding diaryl/α,β-unsaturated/α-hetero) is 2. The van der Waals surface area contributed by atoms with Crippen molar-refractivity contribution in [3.63, 3.8) is 0 Å². The van der Waals surface area contributed by atoms with E-state index in [2.05, 4.69) is 10.2 Å². The van der Waals surface area contributed by atoms with Crippen molar-refractivity contribution < 1.29 is 18.4 Å². The number of hydrogen-bond donors (Lipinski definition) is 0. The molecule has 0 unspecified atom stereocenters. The minimum atomic E-state index is -0.361. The number of thioether (sulfide) groups is 2. The van der Waals surface area contributed by atoms with Gasteiger partial charge in [0.15, 0.2) is 20.2 Å². The predicted octanol–water partition coefficient (Wildman–Crippen LogP) is 5.94. The number of ketones is 2. The third-order valence-electron chi connectivity index (χ3n) is 4.05. The van der Waals surface area contributed by atoms with Gasteiger partial charge in [-0.15, -0.1) is 10.2 Å². The third-order valence-corrected chi connectivity index (χ3v) is 7.33. The van der Waals surface area contributed by atoms with Gasteiger partial charge in [0.05, 0.1) is 0 Å². The van der Waals surface area contributed by atoms with Gasteiger partial charge in [0.1, 0.15) is 11.6 Å². The van der Waals surface area contributed by atoms with Gasteiger partial charge < -0.3 is 0 Å². The fraction of sp³-hybridized carbons (Fsp3) is 0.238. The standard InChI is InChI=1S/C21H18F2N2O2S3/c22-16-7-3-14(4-8-16)18(26)2-1-12-28-20-24-25-21(30-20)29-13-11-19(27)15-5-9-17(23)10-6-15/h3-10H,1-2,11-13H2. The molecular formula is C21H18F2N2O2S3. The lowest BCUT2D eigenvalue weighted by molar-refractivity contribution is 0.0977. The highest BCUT2D eigenvalue weighted by Gasteiger charge is 2.10. The molecule has 1 heterocycles. The molecule has 0 atom stereocenters. The van der Waals surface area contributed by atoms with Crippen LogP contribution in [-0.4, -0.2) is 33.3 Å². The summed E-state index contributed by atoms with van der Waals surface area (Å²) in [5.41, 5.74) is 1.02.